The van der Waals surface area contributed by atoms with Crippen molar-refractivity contribution in [3.8, 4) is 5.75 Å². The van der Waals surface area contributed by atoms with Crippen molar-refractivity contribution in [1.82, 2.24) is 0 Å². The summed E-state index contributed by atoms with van der Waals surface area (Å²) in [5.41, 5.74) is 1.83. The number of halogens is 5. The molecule has 0 spiro atoms. The number of alkyl halides is 5. The average Bonchev–Trinajstić information content (AvgIpc) is 3.11. The topological polar surface area (TPSA) is 60.7 Å². The minimum Gasteiger partial charge on any atom is -0.508 e. The lowest BCUT2D eigenvalue weighted by atomic mass is 9.44. The number of hydrogen-bond donors (Lipinski definition) is 3. The van der Waals surface area contributed by atoms with E-state index >= 15 is 0 Å². The number of benzene rings is 1. The van der Waals surface area contributed by atoms with Gasteiger partial charge in [-0.1, -0.05) is 38.3 Å². The summed E-state index contributed by atoms with van der Waals surface area (Å²) in [6.45, 7) is 6.41. The van der Waals surface area contributed by atoms with Gasteiger partial charge >= 0.3 is 12.1 Å². The Morgan fingerprint density at radius 2 is 1.86 bits per heavy atom. The van der Waals surface area contributed by atoms with E-state index in [1.165, 1.54) is 5.56 Å². The molecule has 0 heterocycles. The molecule has 0 radical (unpaired) electrons. The summed E-state index contributed by atoms with van der Waals surface area (Å²) in [4.78, 5) is 0. The Morgan fingerprint density at radius 1 is 1.14 bits per heavy atom. The molecule has 0 saturated heterocycles. The molecule has 202 valence electrons. The summed E-state index contributed by atoms with van der Waals surface area (Å²) in [7, 11) is 0. The van der Waals surface area contributed by atoms with E-state index in [0.717, 1.165) is 44.1 Å². The van der Waals surface area contributed by atoms with Gasteiger partial charge in [0.1, 0.15) is 11.9 Å². The second kappa shape index (κ2) is 9.57. The molecule has 3 N–H and O–H groups in total. The Balaban J connectivity index is 1.52. The molecule has 7 atom stereocenters. The maximum absolute atomic E-state index is 13.3. The molecule has 4 rings (SSSR count). The van der Waals surface area contributed by atoms with Crippen LogP contribution in [0.1, 0.15) is 81.8 Å². The summed E-state index contributed by atoms with van der Waals surface area (Å²) in [5.74, 6) is -4.30. The minimum atomic E-state index is -5.76. The largest absolute Gasteiger partial charge is 0.508 e. The van der Waals surface area contributed by atoms with Crippen molar-refractivity contribution in [1.29, 1.82) is 0 Å². The lowest BCUT2D eigenvalue weighted by Gasteiger charge is -2.60. The first-order valence-corrected chi connectivity index (χ1v) is 13.0. The second-order valence-corrected chi connectivity index (χ2v) is 11.6. The first-order chi connectivity index (χ1) is 16.8. The third-order valence-electron chi connectivity index (χ3n) is 9.71. The molecule has 0 aliphatic heterocycles. The fourth-order valence-corrected chi connectivity index (χ4v) is 7.98. The third-order valence-corrected chi connectivity index (χ3v) is 9.71. The van der Waals surface area contributed by atoms with Gasteiger partial charge in [-0.15, -0.1) is 6.58 Å². The van der Waals surface area contributed by atoms with E-state index in [2.05, 4.69) is 19.6 Å². The van der Waals surface area contributed by atoms with Gasteiger partial charge in [-0.2, -0.15) is 22.0 Å². The Kier molecular flexibility index (Phi) is 7.28. The highest BCUT2D eigenvalue weighted by molar-refractivity contribution is 5.43. The van der Waals surface area contributed by atoms with Crippen molar-refractivity contribution in [3.05, 3.63) is 42.0 Å². The van der Waals surface area contributed by atoms with Crippen LogP contribution in [0.3, 0.4) is 0 Å². The van der Waals surface area contributed by atoms with E-state index in [1.807, 2.05) is 12.1 Å². The van der Waals surface area contributed by atoms with Crippen molar-refractivity contribution in [2.24, 2.45) is 22.7 Å². The van der Waals surface area contributed by atoms with E-state index < -0.39 is 30.7 Å². The molecule has 3 nitrogen and oxygen atoms in total. The molecular formula is C28H37F5O3. The Hall–Kier alpha value is -1.67. The van der Waals surface area contributed by atoms with Crippen molar-refractivity contribution in [3.63, 3.8) is 0 Å². The number of rotatable bonds is 8. The quantitative estimate of drug-likeness (QED) is 0.200. The van der Waals surface area contributed by atoms with Gasteiger partial charge in [0.25, 0.3) is 0 Å². The van der Waals surface area contributed by atoms with Crippen LogP contribution in [0.2, 0.25) is 0 Å². The van der Waals surface area contributed by atoms with Crippen LogP contribution < -0.4 is 0 Å². The highest BCUT2D eigenvalue weighted by atomic mass is 19.4. The predicted octanol–water partition coefficient (Wildman–Crippen LogP) is 6.90. The van der Waals surface area contributed by atoms with Crippen LogP contribution in [0.5, 0.6) is 5.75 Å². The second-order valence-electron chi connectivity index (χ2n) is 11.6. The SMILES string of the molecule is C=C[C@@]12CCc3cc(O)ccc3[C@H]1[C@@H](CCCCC[C@H](O)C(F)(F)C(F)(F)F)C[C@@]1(C)[C@H]2CC[C@@H]1O. The number of aromatic hydroxyl groups is 1. The number of phenolic OH excluding ortho intramolecular Hbond substituents is 1. The van der Waals surface area contributed by atoms with E-state index in [9.17, 15) is 37.3 Å². The smallest absolute Gasteiger partial charge is 0.456 e. The lowest BCUT2D eigenvalue weighted by Crippen LogP contribution is -2.54. The van der Waals surface area contributed by atoms with Gasteiger partial charge in [-0.05, 0) is 96.8 Å². The van der Waals surface area contributed by atoms with Crippen LogP contribution in [0.15, 0.2) is 30.9 Å². The van der Waals surface area contributed by atoms with Gasteiger partial charge < -0.3 is 15.3 Å². The number of allylic oxidation sites excluding steroid dienone is 1. The first-order valence-electron chi connectivity index (χ1n) is 13.0. The number of hydrogen-bond acceptors (Lipinski definition) is 3. The van der Waals surface area contributed by atoms with Crippen molar-refractivity contribution < 1.29 is 37.3 Å². The van der Waals surface area contributed by atoms with E-state index in [4.69, 9.17) is 0 Å². The molecule has 3 aliphatic rings. The average molecular weight is 517 g/mol. The number of unbranched alkanes of at least 4 members (excludes halogenated alkanes) is 2. The molecule has 3 aliphatic carbocycles. The summed E-state index contributed by atoms with van der Waals surface area (Å²) in [6, 6.07) is 5.51. The summed E-state index contributed by atoms with van der Waals surface area (Å²) in [5, 5.41) is 30.5. The monoisotopic (exact) mass is 516 g/mol. The molecular weight excluding hydrogens is 479 g/mol. The first kappa shape index (κ1) is 27.4. The highest BCUT2D eigenvalue weighted by Gasteiger charge is 2.63. The highest BCUT2D eigenvalue weighted by Crippen LogP contribution is 2.69. The zero-order valence-corrected chi connectivity index (χ0v) is 20.7. The van der Waals surface area contributed by atoms with Gasteiger partial charge in [0.05, 0.1) is 6.10 Å². The van der Waals surface area contributed by atoms with Gasteiger partial charge in [-0.25, -0.2) is 0 Å². The molecule has 2 saturated carbocycles. The van der Waals surface area contributed by atoms with Gasteiger partial charge in [-0.3, -0.25) is 0 Å². The van der Waals surface area contributed by atoms with Crippen LogP contribution in [-0.4, -0.2) is 39.6 Å². The normalized spacial score (nSPS) is 35.0. The van der Waals surface area contributed by atoms with E-state index in [-0.39, 0.29) is 40.8 Å². The predicted molar refractivity (Wildman–Crippen MR) is 127 cm³/mol. The molecule has 0 bridgehead atoms. The number of aliphatic hydroxyl groups excluding tert-OH is 2. The standard InChI is InChI=1S/C28H37F5O3/c1-3-26-14-13-17-15-19(34)9-10-20(17)24(26)18(16-25(2)21(26)11-12-22(25)35)7-5-4-6-8-23(36)27(29,30)28(31,32)33/h3,9-10,15,18,21-24,34-36H,1,4-8,11-14,16H2,2H3/t18-,21+,22-,23-,24+,25-,26-/m0/s1. The molecule has 8 heteroatoms. The molecule has 0 unspecified atom stereocenters. The van der Waals surface area contributed by atoms with Crippen LogP contribution in [0.25, 0.3) is 0 Å². The van der Waals surface area contributed by atoms with Crippen LogP contribution in [-0.2, 0) is 6.42 Å². The maximum atomic E-state index is 13.3. The van der Waals surface area contributed by atoms with Gasteiger partial charge in [0.2, 0.25) is 0 Å². The number of aryl methyl sites for hydroxylation is 1. The van der Waals surface area contributed by atoms with Gasteiger partial charge in [0, 0.05) is 0 Å². The zero-order valence-electron chi connectivity index (χ0n) is 20.7. The van der Waals surface area contributed by atoms with Gasteiger partial charge in [0.15, 0.2) is 0 Å². The van der Waals surface area contributed by atoms with Crippen LogP contribution >= 0.6 is 0 Å². The minimum absolute atomic E-state index is 0.0732. The molecule has 0 amide bonds. The van der Waals surface area contributed by atoms with Crippen LogP contribution in [0.4, 0.5) is 22.0 Å². The number of aliphatic hydroxyl groups is 2. The lowest BCUT2D eigenvalue weighted by molar-refractivity contribution is -0.313. The van der Waals surface area contributed by atoms with Crippen molar-refractivity contribution >= 4 is 0 Å². The summed E-state index contributed by atoms with van der Waals surface area (Å²) < 4.78 is 64.2. The number of fused-ring (bicyclic) bond motifs is 5. The number of phenols is 1. The summed E-state index contributed by atoms with van der Waals surface area (Å²) in [6.07, 6.45) is -1.44. The van der Waals surface area contributed by atoms with Crippen molar-refractivity contribution in [2.75, 3.05) is 0 Å². The van der Waals surface area contributed by atoms with E-state index in [0.29, 0.717) is 12.8 Å². The third kappa shape index (κ3) is 4.36. The molecule has 2 fully saturated rings. The van der Waals surface area contributed by atoms with E-state index in [1.54, 1.807) is 6.07 Å². The zero-order chi connectivity index (χ0) is 26.5. The Bertz CT molecular complexity index is 963. The maximum Gasteiger partial charge on any atom is 0.456 e. The van der Waals surface area contributed by atoms with Crippen LogP contribution in [0, 0.1) is 22.7 Å². The molecule has 0 aromatic heterocycles. The Morgan fingerprint density at radius 3 is 2.53 bits per heavy atom. The molecule has 1 aromatic carbocycles. The molecule has 1 aromatic rings. The fraction of sp³-hybridized carbons (Fsp3) is 0.714. The summed E-state index contributed by atoms with van der Waals surface area (Å²) >= 11 is 0. The Labute approximate surface area is 209 Å². The molecule has 36 heavy (non-hydrogen) atoms. The van der Waals surface area contributed by atoms with Crippen molar-refractivity contribution in [2.45, 2.75) is 101 Å². The fourth-order valence-electron chi connectivity index (χ4n) is 7.98.